The van der Waals surface area contributed by atoms with Gasteiger partial charge in [0.15, 0.2) is 0 Å². The number of carbonyl (C=O) groups is 3. The molecule has 2 N–H and O–H groups in total. The minimum atomic E-state index is -0.893. The van der Waals surface area contributed by atoms with E-state index in [9.17, 15) is 23.2 Å². The summed E-state index contributed by atoms with van der Waals surface area (Å²) in [5.74, 6) is -2.71. The van der Waals surface area contributed by atoms with Crippen molar-refractivity contribution in [2.45, 2.75) is 33.1 Å². The summed E-state index contributed by atoms with van der Waals surface area (Å²) in [5, 5.41) is 5.67. The van der Waals surface area contributed by atoms with Gasteiger partial charge in [-0.1, -0.05) is 13.0 Å². The van der Waals surface area contributed by atoms with Crippen molar-refractivity contribution in [3.8, 4) is 0 Å². The van der Waals surface area contributed by atoms with Gasteiger partial charge in [0.2, 0.25) is 11.8 Å². The zero-order chi connectivity index (χ0) is 22.5. The molecule has 31 heavy (non-hydrogen) atoms. The number of likely N-dealkylation sites (tertiary alicyclic amines) is 1. The molecule has 0 saturated carbocycles. The van der Waals surface area contributed by atoms with E-state index in [1.165, 1.54) is 4.90 Å². The fraction of sp³-hybridized carbons (Fsp3) is 0.348. The van der Waals surface area contributed by atoms with Gasteiger partial charge in [0.05, 0.1) is 5.56 Å². The Balaban J connectivity index is 1.60. The molecule has 6 nitrogen and oxygen atoms in total. The van der Waals surface area contributed by atoms with Crippen LogP contribution in [0.5, 0.6) is 0 Å². The van der Waals surface area contributed by atoms with Crippen LogP contribution in [0.2, 0.25) is 0 Å². The second-order valence-electron chi connectivity index (χ2n) is 7.61. The van der Waals surface area contributed by atoms with E-state index in [1.807, 2.05) is 13.0 Å². The van der Waals surface area contributed by atoms with E-state index in [1.54, 1.807) is 19.1 Å². The molecule has 1 aliphatic rings. The standard InChI is InChI=1S/C23H25F2N3O3/c1-3-21(29)26-17-6-4-14(2)20(13-17)27-22(30)15-8-10-28(11-9-15)23(31)18-7-5-16(24)12-19(18)25/h4-7,12-13,15H,3,8-11H2,1-2H3,(H,26,29)(H,27,30). The molecule has 0 unspecified atom stereocenters. The number of rotatable bonds is 5. The normalized spacial score (nSPS) is 14.3. The molecule has 0 spiro atoms. The van der Waals surface area contributed by atoms with Crippen LogP contribution in [0, 0.1) is 24.5 Å². The molecule has 1 heterocycles. The molecule has 0 bridgehead atoms. The molecular weight excluding hydrogens is 404 g/mol. The predicted octanol–water partition coefficient (Wildman–Crippen LogP) is 4.11. The van der Waals surface area contributed by atoms with Gasteiger partial charge in [0.1, 0.15) is 11.6 Å². The fourth-order valence-electron chi connectivity index (χ4n) is 3.50. The van der Waals surface area contributed by atoms with E-state index >= 15 is 0 Å². The third-order valence-corrected chi connectivity index (χ3v) is 5.41. The average Bonchev–Trinajstić information content (AvgIpc) is 2.75. The maximum Gasteiger partial charge on any atom is 0.256 e. The van der Waals surface area contributed by atoms with Crippen LogP contribution < -0.4 is 10.6 Å². The number of nitrogens with one attached hydrogen (secondary N) is 2. The molecule has 2 aromatic rings. The van der Waals surface area contributed by atoms with Crippen molar-refractivity contribution in [2.75, 3.05) is 23.7 Å². The highest BCUT2D eigenvalue weighted by atomic mass is 19.1. The van der Waals surface area contributed by atoms with E-state index < -0.39 is 17.5 Å². The Bertz CT molecular complexity index is 1000. The van der Waals surface area contributed by atoms with E-state index in [-0.39, 0.29) is 23.3 Å². The molecule has 0 radical (unpaired) electrons. The SMILES string of the molecule is CCC(=O)Nc1ccc(C)c(NC(=O)C2CCN(C(=O)c3ccc(F)cc3F)CC2)c1. The van der Waals surface area contributed by atoms with Gasteiger partial charge in [-0.15, -0.1) is 0 Å². The minimum Gasteiger partial charge on any atom is -0.339 e. The quantitative estimate of drug-likeness (QED) is 0.751. The van der Waals surface area contributed by atoms with Gasteiger partial charge in [-0.05, 0) is 49.6 Å². The van der Waals surface area contributed by atoms with E-state index in [0.717, 1.165) is 17.7 Å². The number of aryl methyl sites for hydroxylation is 1. The number of hydrogen-bond acceptors (Lipinski definition) is 3. The number of hydrogen-bond donors (Lipinski definition) is 2. The number of nitrogens with zero attached hydrogens (tertiary/aromatic N) is 1. The van der Waals surface area contributed by atoms with Crippen molar-refractivity contribution in [1.29, 1.82) is 0 Å². The summed E-state index contributed by atoms with van der Waals surface area (Å²) < 4.78 is 27.0. The van der Waals surface area contributed by atoms with E-state index in [0.29, 0.717) is 49.8 Å². The molecule has 1 saturated heterocycles. The van der Waals surface area contributed by atoms with Crippen molar-refractivity contribution in [3.05, 3.63) is 59.2 Å². The fourth-order valence-corrected chi connectivity index (χ4v) is 3.50. The Morgan fingerprint density at radius 3 is 2.39 bits per heavy atom. The molecule has 0 aliphatic carbocycles. The third-order valence-electron chi connectivity index (χ3n) is 5.41. The highest BCUT2D eigenvalue weighted by Gasteiger charge is 2.29. The molecule has 2 aromatic carbocycles. The second-order valence-corrected chi connectivity index (χ2v) is 7.61. The number of halogens is 2. The minimum absolute atomic E-state index is 0.115. The lowest BCUT2D eigenvalue weighted by molar-refractivity contribution is -0.121. The zero-order valence-corrected chi connectivity index (χ0v) is 17.5. The Kier molecular flexibility index (Phi) is 6.99. The largest absolute Gasteiger partial charge is 0.339 e. The highest BCUT2D eigenvalue weighted by molar-refractivity contribution is 5.97. The van der Waals surface area contributed by atoms with Crippen LogP contribution in [-0.4, -0.2) is 35.7 Å². The zero-order valence-electron chi connectivity index (χ0n) is 17.5. The molecule has 0 atom stereocenters. The van der Waals surface area contributed by atoms with Crippen LogP contribution in [0.25, 0.3) is 0 Å². The van der Waals surface area contributed by atoms with Gasteiger partial charge in [0.25, 0.3) is 5.91 Å². The van der Waals surface area contributed by atoms with Crippen molar-refractivity contribution in [1.82, 2.24) is 4.90 Å². The molecule has 0 aromatic heterocycles. The van der Waals surface area contributed by atoms with Gasteiger partial charge >= 0.3 is 0 Å². The van der Waals surface area contributed by atoms with Crippen molar-refractivity contribution in [2.24, 2.45) is 5.92 Å². The van der Waals surface area contributed by atoms with Gasteiger partial charge in [-0.2, -0.15) is 0 Å². The lowest BCUT2D eigenvalue weighted by atomic mass is 9.95. The summed E-state index contributed by atoms with van der Waals surface area (Å²) in [6.45, 7) is 4.23. The monoisotopic (exact) mass is 429 g/mol. The van der Waals surface area contributed by atoms with E-state index in [4.69, 9.17) is 0 Å². The Morgan fingerprint density at radius 1 is 1.03 bits per heavy atom. The molecule has 3 amide bonds. The van der Waals surface area contributed by atoms with Crippen LogP contribution in [0.15, 0.2) is 36.4 Å². The summed E-state index contributed by atoms with van der Waals surface area (Å²) in [6, 6.07) is 8.19. The first-order valence-electron chi connectivity index (χ1n) is 10.2. The first kappa shape index (κ1) is 22.4. The third kappa shape index (κ3) is 5.45. The second kappa shape index (κ2) is 9.68. The van der Waals surface area contributed by atoms with Gasteiger partial charge in [-0.3, -0.25) is 14.4 Å². The first-order valence-corrected chi connectivity index (χ1v) is 10.2. The van der Waals surface area contributed by atoms with Crippen LogP contribution >= 0.6 is 0 Å². The number of carbonyl (C=O) groups excluding carboxylic acids is 3. The summed E-state index contributed by atoms with van der Waals surface area (Å²) in [4.78, 5) is 38.3. The highest BCUT2D eigenvalue weighted by Crippen LogP contribution is 2.25. The van der Waals surface area contributed by atoms with Crippen LogP contribution in [-0.2, 0) is 9.59 Å². The van der Waals surface area contributed by atoms with Gasteiger partial charge < -0.3 is 15.5 Å². The number of benzene rings is 2. The average molecular weight is 429 g/mol. The molecule has 1 aliphatic heterocycles. The van der Waals surface area contributed by atoms with Gasteiger partial charge in [0, 0.05) is 42.9 Å². The molecular formula is C23H25F2N3O3. The number of anilines is 2. The predicted molar refractivity (Wildman–Crippen MR) is 114 cm³/mol. The van der Waals surface area contributed by atoms with Crippen molar-refractivity contribution >= 4 is 29.1 Å². The summed E-state index contributed by atoms with van der Waals surface area (Å²) in [7, 11) is 0. The van der Waals surface area contributed by atoms with Crippen LogP contribution in [0.4, 0.5) is 20.2 Å². The first-order chi connectivity index (χ1) is 14.8. The molecule has 164 valence electrons. The maximum atomic E-state index is 13.9. The summed E-state index contributed by atoms with van der Waals surface area (Å²) in [5.41, 5.74) is 1.91. The molecule has 3 rings (SSSR count). The lowest BCUT2D eigenvalue weighted by Gasteiger charge is -2.31. The van der Waals surface area contributed by atoms with Crippen molar-refractivity contribution < 1.29 is 23.2 Å². The molecule has 1 fully saturated rings. The Labute approximate surface area is 179 Å². The smallest absolute Gasteiger partial charge is 0.256 e. The Morgan fingerprint density at radius 2 is 1.74 bits per heavy atom. The maximum absolute atomic E-state index is 13.9. The summed E-state index contributed by atoms with van der Waals surface area (Å²) in [6.07, 6.45) is 1.23. The van der Waals surface area contributed by atoms with Gasteiger partial charge in [-0.25, -0.2) is 8.78 Å². The molecule has 8 heteroatoms. The van der Waals surface area contributed by atoms with Crippen LogP contribution in [0.3, 0.4) is 0 Å². The summed E-state index contributed by atoms with van der Waals surface area (Å²) >= 11 is 0. The number of piperidine rings is 1. The van der Waals surface area contributed by atoms with E-state index in [2.05, 4.69) is 10.6 Å². The lowest BCUT2D eigenvalue weighted by Crippen LogP contribution is -2.41. The topological polar surface area (TPSA) is 78.5 Å². The van der Waals surface area contributed by atoms with Crippen molar-refractivity contribution in [3.63, 3.8) is 0 Å². The Hall–Kier alpha value is -3.29. The number of amides is 3. The van der Waals surface area contributed by atoms with Crippen LogP contribution in [0.1, 0.15) is 42.1 Å².